The number of hydrogen-bond acceptors (Lipinski definition) is 4. The third kappa shape index (κ3) is 3.80. The predicted octanol–water partition coefficient (Wildman–Crippen LogP) is 0.223. The van der Waals surface area contributed by atoms with Gasteiger partial charge in [0.05, 0.1) is 6.10 Å². The molecule has 5 heteroatoms. The highest BCUT2D eigenvalue weighted by molar-refractivity contribution is 6.58. The molecule has 1 heterocycles. The topological polar surface area (TPSA) is 52.9 Å². The van der Waals surface area contributed by atoms with Gasteiger partial charge in [-0.3, -0.25) is 4.90 Å². The summed E-state index contributed by atoms with van der Waals surface area (Å²) in [5.41, 5.74) is 1.65. The highest BCUT2D eigenvalue weighted by atomic mass is 16.5. The monoisotopic (exact) mass is 263 g/mol. The van der Waals surface area contributed by atoms with Gasteiger partial charge < -0.3 is 14.8 Å². The Balaban J connectivity index is 1.99. The molecule has 0 saturated carbocycles. The Morgan fingerprint density at radius 3 is 2.89 bits per heavy atom. The molecule has 1 aliphatic heterocycles. The first-order chi connectivity index (χ1) is 9.10. The first-order valence-corrected chi connectivity index (χ1v) is 6.80. The minimum Gasteiger partial charge on any atom is -0.423 e. The quantitative estimate of drug-likeness (QED) is 0.763. The molecule has 1 aliphatic rings. The molecule has 1 aromatic rings. The van der Waals surface area contributed by atoms with Crippen molar-refractivity contribution in [3.63, 3.8) is 0 Å². The van der Waals surface area contributed by atoms with E-state index < -0.39 is 7.12 Å². The molecule has 2 unspecified atom stereocenters. The van der Waals surface area contributed by atoms with Crippen molar-refractivity contribution in [2.75, 3.05) is 20.2 Å². The van der Waals surface area contributed by atoms with Gasteiger partial charge in [-0.1, -0.05) is 31.2 Å². The van der Waals surface area contributed by atoms with E-state index in [0.29, 0.717) is 17.5 Å². The predicted molar refractivity (Wildman–Crippen MR) is 76.1 cm³/mol. The first-order valence-electron chi connectivity index (χ1n) is 6.80. The number of hydrogen-bond donors (Lipinski definition) is 2. The number of nitrogens with zero attached hydrogens (tertiary/aromatic N) is 1. The van der Waals surface area contributed by atoms with Gasteiger partial charge in [0.2, 0.25) is 0 Å². The van der Waals surface area contributed by atoms with Gasteiger partial charge in [0.25, 0.3) is 0 Å². The Morgan fingerprint density at radius 2 is 2.21 bits per heavy atom. The van der Waals surface area contributed by atoms with Gasteiger partial charge in [0.15, 0.2) is 0 Å². The summed E-state index contributed by atoms with van der Waals surface area (Å²) >= 11 is 0. The number of likely N-dealkylation sites (tertiary alicyclic amines) is 1. The summed E-state index contributed by atoms with van der Waals surface area (Å²) in [6, 6.07) is 7.46. The van der Waals surface area contributed by atoms with Crippen molar-refractivity contribution in [3.8, 4) is 0 Å². The molecule has 2 N–H and O–H groups in total. The average molecular weight is 263 g/mol. The molecule has 0 aliphatic carbocycles. The molecule has 2 rings (SSSR count). The van der Waals surface area contributed by atoms with Crippen molar-refractivity contribution in [3.05, 3.63) is 29.8 Å². The summed E-state index contributed by atoms with van der Waals surface area (Å²) < 4.78 is 5.51. The van der Waals surface area contributed by atoms with Crippen LogP contribution in [0.15, 0.2) is 24.3 Å². The van der Waals surface area contributed by atoms with E-state index in [2.05, 4.69) is 11.8 Å². The molecule has 104 valence electrons. The Morgan fingerprint density at radius 1 is 1.42 bits per heavy atom. The zero-order valence-electron chi connectivity index (χ0n) is 11.6. The number of benzene rings is 1. The van der Waals surface area contributed by atoms with Crippen LogP contribution in [0.2, 0.25) is 0 Å². The number of ether oxygens (including phenoxy) is 1. The second-order valence-corrected chi connectivity index (χ2v) is 5.39. The fourth-order valence-electron chi connectivity index (χ4n) is 2.66. The minimum atomic E-state index is -1.40. The van der Waals surface area contributed by atoms with Gasteiger partial charge in [-0.25, -0.2) is 0 Å². The van der Waals surface area contributed by atoms with Crippen LogP contribution >= 0.6 is 0 Å². The molecule has 1 saturated heterocycles. The second kappa shape index (κ2) is 6.52. The summed E-state index contributed by atoms with van der Waals surface area (Å²) in [6.07, 6.45) is 1.43. The van der Waals surface area contributed by atoms with E-state index in [9.17, 15) is 10.0 Å². The van der Waals surface area contributed by atoms with Crippen molar-refractivity contribution >= 4 is 12.6 Å². The summed E-state index contributed by atoms with van der Waals surface area (Å²) in [6.45, 7) is 5.05. The Bertz CT molecular complexity index is 413. The smallest absolute Gasteiger partial charge is 0.423 e. The van der Waals surface area contributed by atoms with Crippen LogP contribution in [-0.2, 0) is 11.3 Å². The lowest BCUT2D eigenvalue weighted by Gasteiger charge is -2.36. The molecule has 1 fully saturated rings. The number of piperidine rings is 1. The van der Waals surface area contributed by atoms with Crippen molar-refractivity contribution in [1.82, 2.24) is 4.90 Å². The lowest BCUT2D eigenvalue weighted by atomic mass is 9.79. The summed E-state index contributed by atoms with van der Waals surface area (Å²) in [5.74, 6) is 0.604. The van der Waals surface area contributed by atoms with E-state index in [1.54, 1.807) is 13.2 Å². The normalized spacial score (nSPS) is 24.4. The van der Waals surface area contributed by atoms with E-state index in [1.807, 2.05) is 18.2 Å². The van der Waals surface area contributed by atoms with Gasteiger partial charge in [-0.15, -0.1) is 0 Å². The summed E-state index contributed by atoms with van der Waals surface area (Å²) in [5, 5.41) is 18.4. The van der Waals surface area contributed by atoms with Crippen LogP contribution < -0.4 is 5.46 Å². The lowest BCUT2D eigenvalue weighted by molar-refractivity contribution is -0.00744. The standard InChI is InChI=1S/C14H22BNO3/c1-11-6-7-16(10-14(11)19-2)9-12-4-3-5-13(8-12)15(17)18/h3-5,8,11,14,17-18H,6-7,9-10H2,1-2H3. The molecule has 0 radical (unpaired) electrons. The fraction of sp³-hybridized carbons (Fsp3) is 0.571. The van der Waals surface area contributed by atoms with Gasteiger partial charge in [-0.05, 0) is 29.9 Å². The Kier molecular flexibility index (Phi) is 4.99. The zero-order valence-corrected chi connectivity index (χ0v) is 11.6. The maximum Gasteiger partial charge on any atom is 0.488 e. The van der Waals surface area contributed by atoms with Crippen LogP contribution in [0.25, 0.3) is 0 Å². The van der Waals surface area contributed by atoms with Crippen molar-refractivity contribution in [1.29, 1.82) is 0 Å². The van der Waals surface area contributed by atoms with Gasteiger partial charge in [-0.2, -0.15) is 0 Å². The zero-order chi connectivity index (χ0) is 13.8. The number of rotatable bonds is 4. The van der Waals surface area contributed by atoms with E-state index in [-0.39, 0.29) is 0 Å². The minimum absolute atomic E-state index is 0.292. The van der Waals surface area contributed by atoms with Crippen LogP contribution in [0.5, 0.6) is 0 Å². The molecule has 0 amide bonds. The van der Waals surface area contributed by atoms with Crippen molar-refractivity contribution in [2.24, 2.45) is 5.92 Å². The summed E-state index contributed by atoms with van der Waals surface area (Å²) in [4.78, 5) is 2.36. The molecule has 2 atom stereocenters. The van der Waals surface area contributed by atoms with Crippen molar-refractivity contribution < 1.29 is 14.8 Å². The Labute approximate surface area is 115 Å². The highest BCUT2D eigenvalue weighted by Gasteiger charge is 2.25. The second-order valence-electron chi connectivity index (χ2n) is 5.39. The molecular formula is C14H22BNO3. The van der Waals surface area contributed by atoms with Crippen LogP contribution in [0.4, 0.5) is 0 Å². The van der Waals surface area contributed by atoms with E-state index in [0.717, 1.165) is 31.6 Å². The summed E-state index contributed by atoms with van der Waals surface area (Å²) in [7, 11) is 0.376. The van der Waals surface area contributed by atoms with Crippen LogP contribution in [0.3, 0.4) is 0 Å². The molecule has 0 aromatic heterocycles. The van der Waals surface area contributed by atoms with Gasteiger partial charge >= 0.3 is 7.12 Å². The van der Waals surface area contributed by atoms with Crippen LogP contribution in [-0.4, -0.2) is 48.4 Å². The highest BCUT2D eigenvalue weighted by Crippen LogP contribution is 2.20. The van der Waals surface area contributed by atoms with Gasteiger partial charge in [0, 0.05) is 20.2 Å². The third-order valence-electron chi connectivity index (χ3n) is 3.93. The van der Waals surface area contributed by atoms with Crippen molar-refractivity contribution in [2.45, 2.75) is 26.0 Å². The number of methoxy groups -OCH3 is 1. The SMILES string of the molecule is COC1CN(Cc2cccc(B(O)O)c2)CCC1C. The molecule has 19 heavy (non-hydrogen) atoms. The molecule has 0 bridgehead atoms. The van der Waals surface area contributed by atoms with Crippen LogP contribution in [0.1, 0.15) is 18.9 Å². The fourth-order valence-corrected chi connectivity index (χ4v) is 2.66. The third-order valence-corrected chi connectivity index (χ3v) is 3.93. The van der Waals surface area contributed by atoms with E-state index in [1.165, 1.54) is 0 Å². The molecular weight excluding hydrogens is 241 g/mol. The first kappa shape index (κ1) is 14.5. The van der Waals surface area contributed by atoms with Crippen LogP contribution in [0, 0.1) is 5.92 Å². The molecule has 0 spiro atoms. The molecule has 4 nitrogen and oxygen atoms in total. The maximum atomic E-state index is 9.19. The molecule has 1 aromatic carbocycles. The lowest BCUT2D eigenvalue weighted by Crippen LogP contribution is -2.43. The van der Waals surface area contributed by atoms with Gasteiger partial charge in [0.1, 0.15) is 0 Å². The largest absolute Gasteiger partial charge is 0.488 e. The van der Waals surface area contributed by atoms with E-state index in [4.69, 9.17) is 4.74 Å². The van der Waals surface area contributed by atoms with E-state index >= 15 is 0 Å². The average Bonchev–Trinajstić information content (AvgIpc) is 2.41. The Hall–Kier alpha value is -0.875. The maximum absolute atomic E-state index is 9.19.